The van der Waals surface area contributed by atoms with Crippen LogP contribution in [-0.2, 0) is 4.79 Å². The number of halogens is 2. The highest BCUT2D eigenvalue weighted by molar-refractivity contribution is 9.10. The zero-order chi connectivity index (χ0) is 13.0. The number of nitrogens with one attached hydrogen (secondary N) is 1. The van der Waals surface area contributed by atoms with Gasteiger partial charge in [-0.2, -0.15) is 0 Å². The van der Waals surface area contributed by atoms with E-state index in [1.54, 1.807) is 42.7 Å². The summed E-state index contributed by atoms with van der Waals surface area (Å²) in [6.45, 7) is 0. The largest absolute Gasteiger partial charge is 0.465 e. The monoisotopic (exact) mass is 325 g/mol. The number of rotatable bonds is 3. The van der Waals surface area contributed by atoms with E-state index >= 15 is 0 Å². The Hall–Kier alpha value is -1.52. The summed E-state index contributed by atoms with van der Waals surface area (Å²) >= 11 is 9.21. The van der Waals surface area contributed by atoms with Crippen LogP contribution in [0.2, 0.25) is 5.02 Å². The maximum Gasteiger partial charge on any atom is 0.248 e. The van der Waals surface area contributed by atoms with Crippen molar-refractivity contribution < 1.29 is 9.21 Å². The molecule has 0 fully saturated rings. The Kier molecular flexibility index (Phi) is 4.23. The Bertz CT molecular complexity index is 579. The molecule has 3 nitrogen and oxygen atoms in total. The van der Waals surface area contributed by atoms with Crippen LogP contribution in [-0.4, -0.2) is 5.91 Å². The van der Waals surface area contributed by atoms with Gasteiger partial charge in [0.2, 0.25) is 5.91 Å². The predicted octanol–water partition coefficient (Wildman–Crippen LogP) is 4.35. The minimum Gasteiger partial charge on any atom is -0.465 e. The van der Waals surface area contributed by atoms with Crippen LogP contribution in [0.5, 0.6) is 0 Å². The Morgan fingerprint density at radius 1 is 1.39 bits per heavy atom. The van der Waals surface area contributed by atoms with E-state index in [9.17, 15) is 4.79 Å². The van der Waals surface area contributed by atoms with E-state index < -0.39 is 0 Å². The van der Waals surface area contributed by atoms with E-state index in [-0.39, 0.29) is 5.91 Å². The SMILES string of the molecule is O=C(C=Cc1ccco1)Nc1ccc(Br)c(Cl)c1. The molecule has 0 aliphatic rings. The molecule has 1 aromatic heterocycles. The van der Waals surface area contributed by atoms with Gasteiger partial charge in [0.05, 0.1) is 11.3 Å². The van der Waals surface area contributed by atoms with Crippen LogP contribution in [0.1, 0.15) is 5.76 Å². The Morgan fingerprint density at radius 2 is 2.22 bits per heavy atom. The predicted molar refractivity (Wildman–Crippen MR) is 75.5 cm³/mol. The lowest BCUT2D eigenvalue weighted by molar-refractivity contribution is -0.111. The molecule has 0 bridgehead atoms. The Balaban J connectivity index is 2.01. The molecule has 0 saturated carbocycles. The molecule has 1 amide bonds. The van der Waals surface area contributed by atoms with Gasteiger partial charge in [-0.15, -0.1) is 0 Å². The van der Waals surface area contributed by atoms with Crippen molar-refractivity contribution in [2.24, 2.45) is 0 Å². The van der Waals surface area contributed by atoms with Gasteiger partial charge in [-0.3, -0.25) is 4.79 Å². The number of hydrogen-bond donors (Lipinski definition) is 1. The Morgan fingerprint density at radius 3 is 2.89 bits per heavy atom. The zero-order valence-electron chi connectivity index (χ0n) is 9.19. The summed E-state index contributed by atoms with van der Waals surface area (Å²) < 4.78 is 5.86. The molecule has 0 saturated heterocycles. The van der Waals surface area contributed by atoms with Gasteiger partial charge in [-0.25, -0.2) is 0 Å². The second-order valence-corrected chi connectivity index (χ2v) is 4.73. The van der Waals surface area contributed by atoms with E-state index in [0.717, 1.165) is 4.47 Å². The maximum absolute atomic E-state index is 11.6. The third kappa shape index (κ3) is 3.48. The topological polar surface area (TPSA) is 42.2 Å². The maximum atomic E-state index is 11.6. The minimum absolute atomic E-state index is 0.246. The van der Waals surface area contributed by atoms with Crippen LogP contribution in [0.3, 0.4) is 0 Å². The second-order valence-electron chi connectivity index (χ2n) is 3.47. The van der Waals surface area contributed by atoms with Crippen LogP contribution in [0, 0.1) is 0 Å². The van der Waals surface area contributed by atoms with E-state index in [1.165, 1.54) is 6.08 Å². The third-order valence-corrected chi connectivity index (χ3v) is 3.36. The smallest absolute Gasteiger partial charge is 0.248 e. The van der Waals surface area contributed by atoms with Crippen molar-refractivity contribution in [3.05, 3.63) is 57.9 Å². The normalized spacial score (nSPS) is 10.8. The van der Waals surface area contributed by atoms with Crippen molar-refractivity contribution in [3.63, 3.8) is 0 Å². The lowest BCUT2D eigenvalue weighted by Gasteiger charge is -2.03. The van der Waals surface area contributed by atoms with Gasteiger partial charge in [-0.1, -0.05) is 11.6 Å². The molecule has 0 spiro atoms. The standard InChI is InChI=1S/C13H9BrClNO2/c14-11-5-3-9(8-12(11)15)16-13(17)6-4-10-2-1-7-18-10/h1-8H,(H,16,17). The molecule has 0 aliphatic heterocycles. The fourth-order valence-corrected chi connectivity index (χ4v) is 1.73. The number of furan rings is 1. The third-order valence-electron chi connectivity index (χ3n) is 2.13. The average molecular weight is 327 g/mol. The first kappa shape index (κ1) is 12.9. The number of amides is 1. The molecular formula is C13H9BrClNO2. The first-order chi connectivity index (χ1) is 8.65. The first-order valence-corrected chi connectivity index (χ1v) is 6.30. The average Bonchev–Trinajstić information content (AvgIpc) is 2.84. The van der Waals surface area contributed by atoms with E-state index in [0.29, 0.717) is 16.5 Å². The summed E-state index contributed by atoms with van der Waals surface area (Å²) in [5.41, 5.74) is 0.636. The molecule has 0 unspecified atom stereocenters. The van der Waals surface area contributed by atoms with Gasteiger partial charge in [0, 0.05) is 16.2 Å². The second kappa shape index (κ2) is 5.89. The summed E-state index contributed by atoms with van der Waals surface area (Å²) in [6.07, 6.45) is 4.54. The molecular weight excluding hydrogens is 318 g/mol. The first-order valence-electron chi connectivity index (χ1n) is 5.13. The highest BCUT2D eigenvalue weighted by Crippen LogP contribution is 2.25. The van der Waals surface area contributed by atoms with Crippen molar-refractivity contribution in [3.8, 4) is 0 Å². The summed E-state index contributed by atoms with van der Waals surface area (Å²) in [7, 11) is 0. The summed E-state index contributed by atoms with van der Waals surface area (Å²) in [4.78, 5) is 11.6. The summed E-state index contributed by atoms with van der Waals surface area (Å²) in [5.74, 6) is 0.378. The molecule has 2 rings (SSSR count). The van der Waals surface area contributed by atoms with E-state index in [1.807, 2.05) is 0 Å². The van der Waals surface area contributed by atoms with Gasteiger partial charge >= 0.3 is 0 Å². The van der Waals surface area contributed by atoms with E-state index in [2.05, 4.69) is 21.2 Å². The zero-order valence-corrected chi connectivity index (χ0v) is 11.5. The lowest BCUT2D eigenvalue weighted by atomic mass is 10.3. The van der Waals surface area contributed by atoms with Crippen LogP contribution < -0.4 is 5.32 Å². The molecule has 1 heterocycles. The van der Waals surface area contributed by atoms with Gasteiger partial charge in [0.25, 0.3) is 0 Å². The summed E-state index contributed by atoms with van der Waals surface area (Å²) in [6, 6.07) is 8.72. The van der Waals surface area contributed by atoms with Crippen molar-refractivity contribution in [1.29, 1.82) is 0 Å². The number of anilines is 1. The minimum atomic E-state index is -0.246. The lowest BCUT2D eigenvalue weighted by Crippen LogP contribution is -2.07. The van der Waals surface area contributed by atoms with Crippen molar-refractivity contribution in [1.82, 2.24) is 0 Å². The molecule has 2 aromatic rings. The van der Waals surface area contributed by atoms with Crippen molar-refractivity contribution in [2.45, 2.75) is 0 Å². The fraction of sp³-hybridized carbons (Fsp3) is 0. The molecule has 1 N–H and O–H groups in total. The molecule has 1 aromatic carbocycles. The van der Waals surface area contributed by atoms with Crippen LogP contribution >= 0.6 is 27.5 Å². The highest BCUT2D eigenvalue weighted by Gasteiger charge is 2.01. The highest BCUT2D eigenvalue weighted by atomic mass is 79.9. The van der Waals surface area contributed by atoms with E-state index in [4.69, 9.17) is 16.0 Å². The van der Waals surface area contributed by atoms with Crippen molar-refractivity contribution >= 4 is 45.2 Å². The fourth-order valence-electron chi connectivity index (χ4n) is 1.30. The van der Waals surface area contributed by atoms with Gasteiger partial charge in [-0.05, 0) is 52.3 Å². The van der Waals surface area contributed by atoms with Crippen LogP contribution in [0.15, 0.2) is 51.6 Å². The van der Waals surface area contributed by atoms with Crippen LogP contribution in [0.25, 0.3) is 6.08 Å². The summed E-state index contributed by atoms with van der Waals surface area (Å²) in [5, 5.41) is 3.24. The molecule has 92 valence electrons. The number of carbonyl (C=O) groups is 1. The molecule has 5 heteroatoms. The molecule has 0 atom stereocenters. The van der Waals surface area contributed by atoms with Gasteiger partial charge in [0.15, 0.2) is 0 Å². The van der Waals surface area contributed by atoms with Gasteiger partial charge < -0.3 is 9.73 Å². The van der Waals surface area contributed by atoms with Crippen LogP contribution in [0.4, 0.5) is 5.69 Å². The van der Waals surface area contributed by atoms with Crippen molar-refractivity contribution in [2.75, 3.05) is 5.32 Å². The molecule has 18 heavy (non-hydrogen) atoms. The number of hydrogen-bond acceptors (Lipinski definition) is 2. The quantitative estimate of drug-likeness (QED) is 0.852. The number of benzene rings is 1. The Labute approximate surface area is 118 Å². The number of carbonyl (C=O) groups excluding carboxylic acids is 1. The molecule has 0 radical (unpaired) electrons. The molecule has 0 aliphatic carbocycles. The van der Waals surface area contributed by atoms with Gasteiger partial charge in [0.1, 0.15) is 5.76 Å².